The van der Waals surface area contributed by atoms with Crippen LogP contribution in [0.1, 0.15) is 21.5 Å². The van der Waals surface area contributed by atoms with Crippen molar-refractivity contribution in [3.05, 3.63) is 59.2 Å². The molecule has 4 N–H and O–H groups in total. The topological polar surface area (TPSA) is 87.6 Å². The van der Waals surface area contributed by atoms with Gasteiger partial charge in [-0.1, -0.05) is 18.2 Å². The van der Waals surface area contributed by atoms with E-state index in [1.54, 1.807) is 25.3 Å². The second-order valence-corrected chi connectivity index (χ2v) is 4.65. The maximum atomic E-state index is 11.1. The lowest BCUT2D eigenvalue weighted by atomic mass is 10.1. The molecular weight excluding hydrogens is 268 g/mol. The van der Waals surface area contributed by atoms with Gasteiger partial charge >= 0.3 is 0 Å². The van der Waals surface area contributed by atoms with Crippen LogP contribution in [-0.4, -0.2) is 13.0 Å². The van der Waals surface area contributed by atoms with E-state index in [0.717, 1.165) is 16.9 Å². The number of carbonyl (C=O) groups is 1. The molecule has 2 aromatic carbocycles. The maximum Gasteiger partial charge on any atom is 0.248 e. The summed E-state index contributed by atoms with van der Waals surface area (Å²) in [6.45, 7) is 0.855. The molecule has 0 aliphatic heterocycles. The van der Waals surface area contributed by atoms with Crippen LogP contribution in [0.4, 0.5) is 5.69 Å². The molecule has 0 bridgehead atoms. The Bertz CT molecular complexity index is 641. The Hall–Kier alpha value is -2.53. The molecule has 0 atom stereocenters. The van der Waals surface area contributed by atoms with Crippen molar-refractivity contribution in [3.63, 3.8) is 0 Å². The van der Waals surface area contributed by atoms with E-state index >= 15 is 0 Å². The number of hydrogen-bond donors (Lipinski definition) is 2. The average Bonchev–Trinajstić information content (AvgIpc) is 2.46. The first-order valence-corrected chi connectivity index (χ1v) is 6.49. The molecule has 0 spiro atoms. The number of anilines is 1. The van der Waals surface area contributed by atoms with Gasteiger partial charge in [-0.3, -0.25) is 4.79 Å². The van der Waals surface area contributed by atoms with Gasteiger partial charge in [0, 0.05) is 23.9 Å². The Labute approximate surface area is 123 Å². The zero-order chi connectivity index (χ0) is 15.2. The number of methoxy groups -OCH3 is 1. The maximum absolute atomic E-state index is 11.1. The third kappa shape index (κ3) is 3.97. The Morgan fingerprint density at radius 3 is 2.62 bits per heavy atom. The number of rotatable bonds is 6. The summed E-state index contributed by atoms with van der Waals surface area (Å²) in [6.07, 6.45) is 0. The average molecular weight is 286 g/mol. The van der Waals surface area contributed by atoms with Crippen LogP contribution in [0.3, 0.4) is 0 Å². The Morgan fingerprint density at radius 1 is 1.14 bits per heavy atom. The molecule has 0 fully saturated rings. The normalized spacial score (nSPS) is 10.3. The van der Waals surface area contributed by atoms with Crippen LogP contribution >= 0.6 is 0 Å². The van der Waals surface area contributed by atoms with Crippen molar-refractivity contribution >= 4 is 11.6 Å². The fourth-order valence-corrected chi connectivity index (χ4v) is 1.93. The highest BCUT2D eigenvalue weighted by Gasteiger charge is 2.06. The first-order chi connectivity index (χ1) is 10.1. The van der Waals surface area contributed by atoms with E-state index in [2.05, 4.69) is 0 Å². The first kappa shape index (κ1) is 14.9. The zero-order valence-corrected chi connectivity index (χ0v) is 11.8. The van der Waals surface area contributed by atoms with Crippen LogP contribution in [0.5, 0.6) is 5.75 Å². The lowest BCUT2D eigenvalue weighted by molar-refractivity contribution is 0.100. The van der Waals surface area contributed by atoms with Gasteiger partial charge in [-0.05, 0) is 29.8 Å². The highest BCUT2D eigenvalue weighted by molar-refractivity contribution is 5.93. The molecule has 0 aliphatic carbocycles. The number of hydrogen-bond acceptors (Lipinski definition) is 4. The molecule has 0 radical (unpaired) electrons. The molecule has 0 aliphatic rings. The Balaban J connectivity index is 2.06. The van der Waals surface area contributed by atoms with Crippen molar-refractivity contribution < 1.29 is 14.3 Å². The van der Waals surface area contributed by atoms with Crippen LogP contribution in [0.25, 0.3) is 0 Å². The van der Waals surface area contributed by atoms with Gasteiger partial charge in [-0.15, -0.1) is 0 Å². The van der Waals surface area contributed by atoms with E-state index in [-0.39, 0.29) is 0 Å². The quantitative estimate of drug-likeness (QED) is 0.796. The number of amides is 1. The van der Waals surface area contributed by atoms with Gasteiger partial charge in [0.1, 0.15) is 12.4 Å². The summed E-state index contributed by atoms with van der Waals surface area (Å²) in [5.41, 5.74) is 13.8. The molecule has 0 heterocycles. The molecule has 0 unspecified atom stereocenters. The molecular formula is C16H18N2O3. The summed E-state index contributed by atoms with van der Waals surface area (Å²) in [4.78, 5) is 11.1. The van der Waals surface area contributed by atoms with Crippen LogP contribution < -0.4 is 16.2 Å². The minimum absolute atomic E-state index is 0.321. The standard InChI is InChI=1S/C16H18N2O3/c1-20-9-11-3-2-4-14(7-11)21-10-13-6-5-12(16(18)19)8-15(13)17/h2-8H,9-10,17H2,1H3,(H2,18,19). The molecule has 5 nitrogen and oxygen atoms in total. The zero-order valence-electron chi connectivity index (χ0n) is 11.8. The molecule has 0 aromatic heterocycles. The lowest BCUT2D eigenvalue weighted by Crippen LogP contribution is -2.12. The summed E-state index contributed by atoms with van der Waals surface area (Å²) < 4.78 is 10.8. The fourth-order valence-electron chi connectivity index (χ4n) is 1.93. The van der Waals surface area contributed by atoms with Crippen LogP contribution in [0.2, 0.25) is 0 Å². The predicted octanol–water partition coefficient (Wildman–Crippen LogP) is 2.09. The molecule has 1 amide bonds. The van der Waals surface area contributed by atoms with Crippen LogP contribution in [0.15, 0.2) is 42.5 Å². The second kappa shape index (κ2) is 6.76. The molecule has 21 heavy (non-hydrogen) atoms. The lowest BCUT2D eigenvalue weighted by Gasteiger charge is -2.10. The summed E-state index contributed by atoms with van der Waals surface area (Å²) >= 11 is 0. The molecule has 5 heteroatoms. The predicted molar refractivity (Wildman–Crippen MR) is 80.9 cm³/mol. The van der Waals surface area contributed by atoms with Crippen molar-refractivity contribution in [1.82, 2.24) is 0 Å². The summed E-state index contributed by atoms with van der Waals surface area (Å²) in [7, 11) is 1.65. The van der Waals surface area contributed by atoms with Gasteiger partial charge in [0.15, 0.2) is 0 Å². The van der Waals surface area contributed by atoms with Crippen molar-refractivity contribution in [2.75, 3.05) is 12.8 Å². The van der Waals surface area contributed by atoms with E-state index in [0.29, 0.717) is 24.5 Å². The Kier molecular flexibility index (Phi) is 4.79. The highest BCUT2D eigenvalue weighted by Crippen LogP contribution is 2.19. The van der Waals surface area contributed by atoms with E-state index in [9.17, 15) is 4.79 Å². The van der Waals surface area contributed by atoms with E-state index in [1.165, 1.54) is 0 Å². The SMILES string of the molecule is COCc1cccc(OCc2ccc(C(N)=O)cc2N)c1. The molecule has 2 aromatic rings. The molecule has 110 valence electrons. The monoisotopic (exact) mass is 286 g/mol. The van der Waals surface area contributed by atoms with Crippen molar-refractivity contribution in [1.29, 1.82) is 0 Å². The van der Waals surface area contributed by atoms with Gasteiger partial charge < -0.3 is 20.9 Å². The van der Waals surface area contributed by atoms with Crippen LogP contribution in [-0.2, 0) is 18.0 Å². The van der Waals surface area contributed by atoms with E-state index in [1.807, 2.05) is 24.3 Å². The van der Waals surface area contributed by atoms with E-state index in [4.69, 9.17) is 20.9 Å². The van der Waals surface area contributed by atoms with Crippen molar-refractivity contribution in [2.45, 2.75) is 13.2 Å². The van der Waals surface area contributed by atoms with Crippen molar-refractivity contribution in [3.8, 4) is 5.75 Å². The molecule has 0 saturated carbocycles. The number of ether oxygens (including phenoxy) is 2. The minimum Gasteiger partial charge on any atom is -0.489 e. The second-order valence-electron chi connectivity index (χ2n) is 4.65. The van der Waals surface area contributed by atoms with Gasteiger partial charge in [0.05, 0.1) is 6.61 Å². The number of nitrogen functional groups attached to an aromatic ring is 1. The number of primary amides is 1. The summed E-state index contributed by atoms with van der Waals surface area (Å²) in [5, 5.41) is 0. The number of nitrogens with two attached hydrogens (primary N) is 2. The van der Waals surface area contributed by atoms with Gasteiger partial charge in [0.2, 0.25) is 5.91 Å². The fraction of sp³-hybridized carbons (Fsp3) is 0.188. The Morgan fingerprint density at radius 2 is 1.95 bits per heavy atom. The van der Waals surface area contributed by atoms with Crippen LogP contribution in [0, 0.1) is 0 Å². The molecule has 0 saturated heterocycles. The first-order valence-electron chi connectivity index (χ1n) is 6.49. The smallest absolute Gasteiger partial charge is 0.248 e. The van der Waals surface area contributed by atoms with Gasteiger partial charge in [-0.2, -0.15) is 0 Å². The number of benzene rings is 2. The number of carbonyl (C=O) groups excluding carboxylic acids is 1. The summed E-state index contributed by atoms with van der Waals surface area (Å²) in [5.74, 6) is 0.240. The van der Waals surface area contributed by atoms with Crippen molar-refractivity contribution in [2.24, 2.45) is 5.73 Å². The minimum atomic E-state index is -0.499. The molecule has 2 rings (SSSR count). The van der Waals surface area contributed by atoms with E-state index < -0.39 is 5.91 Å². The largest absolute Gasteiger partial charge is 0.489 e. The third-order valence-electron chi connectivity index (χ3n) is 3.03. The highest BCUT2D eigenvalue weighted by atomic mass is 16.5. The summed E-state index contributed by atoms with van der Waals surface area (Å²) in [6, 6.07) is 12.6. The van der Waals surface area contributed by atoms with Gasteiger partial charge in [-0.25, -0.2) is 0 Å². The van der Waals surface area contributed by atoms with Gasteiger partial charge in [0.25, 0.3) is 0 Å². The third-order valence-corrected chi connectivity index (χ3v) is 3.03.